The van der Waals surface area contributed by atoms with E-state index in [1.807, 2.05) is 0 Å². The summed E-state index contributed by atoms with van der Waals surface area (Å²) >= 11 is 0. The Morgan fingerprint density at radius 2 is 2.05 bits per heavy atom. The molecule has 1 atom stereocenters. The Bertz CT molecular complexity index is 350. The van der Waals surface area contributed by atoms with Crippen LogP contribution in [0, 0.1) is 0 Å². The summed E-state index contributed by atoms with van der Waals surface area (Å²) < 4.78 is 18.0. The highest BCUT2D eigenvalue weighted by Crippen LogP contribution is 2.13. The van der Waals surface area contributed by atoms with Crippen molar-refractivity contribution >= 4 is 36.6 Å². The van der Waals surface area contributed by atoms with Crippen LogP contribution in [-0.4, -0.2) is 42.7 Å². The van der Waals surface area contributed by atoms with Crippen LogP contribution < -0.4 is 11.5 Å². The van der Waals surface area contributed by atoms with Crippen LogP contribution >= 0.6 is 24.8 Å². The third-order valence-electron chi connectivity index (χ3n) is 2.26. The van der Waals surface area contributed by atoms with Gasteiger partial charge in [-0.15, -0.1) is 24.8 Å². The van der Waals surface area contributed by atoms with Gasteiger partial charge in [-0.1, -0.05) is 6.08 Å². The number of hydrogen-bond donors (Lipinski definition) is 3. The number of amidine groups is 1. The Morgan fingerprint density at radius 3 is 2.45 bits per heavy atom. The van der Waals surface area contributed by atoms with E-state index in [0.29, 0.717) is 0 Å². The Kier molecular flexibility index (Phi) is 14.4. The van der Waals surface area contributed by atoms with Gasteiger partial charge in [-0.3, -0.25) is 9.79 Å². The van der Waals surface area contributed by atoms with Gasteiger partial charge < -0.3 is 21.3 Å². The fourth-order valence-corrected chi connectivity index (χ4v) is 1.25. The second kappa shape index (κ2) is 11.9. The zero-order valence-corrected chi connectivity index (χ0v) is 13.1. The molecule has 0 radical (unpaired) electrons. The average molecular weight is 334 g/mol. The van der Waals surface area contributed by atoms with Crippen molar-refractivity contribution in [3.05, 3.63) is 11.9 Å². The van der Waals surface area contributed by atoms with Crippen LogP contribution in [0.2, 0.25) is 0 Å². The molecule has 0 unspecified atom stereocenters. The predicted molar refractivity (Wildman–Crippen MR) is 81.5 cm³/mol. The Balaban J connectivity index is -0.00000144. The van der Waals surface area contributed by atoms with E-state index in [2.05, 4.69) is 4.99 Å². The zero-order valence-electron chi connectivity index (χ0n) is 11.5. The lowest BCUT2D eigenvalue weighted by Crippen LogP contribution is -2.51. The minimum Gasteiger partial charge on any atom is -0.480 e. The monoisotopic (exact) mass is 333 g/mol. The molecular formula is C11H22Cl2FN3O3. The first-order valence-corrected chi connectivity index (χ1v) is 5.44. The summed E-state index contributed by atoms with van der Waals surface area (Å²) in [6, 6.07) is 0. The van der Waals surface area contributed by atoms with Gasteiger partial charge in [-0.25, -0.2) is 4.39 Å². The number of carboxylic acid groups (broad SMARTS) is 1. The van der Waals surface area contributed by atoms with E-state index in [9.17, 15) is 9.18 Å². The quantitative estimate of drug-likeness (QED) is 0.457. The highest BCUT2D eigenvalue weighted by Gasteiger charge is 2.33. The summed E-state index contributed by atoms with van der Waals surface area (Å²) in [7, 11) is 1.36. The number of ether oxygens (including phenoxy) is 1. The molecule has 0 amide bonds. The van der Waals surface area contributed by atoms with Crippen LogP contribution in [0.25, 0.3) is 0 Å². The number of nitrogens with zero attached hydrogens (tertiary/aromatic N) is 1. The fourth-order valence-electron chi connectivity index (χ4n) is 1.25. The number of methoxy groups -OCH3 is 1. The molecule has 6 nitrogen and oxygen atoms in total. The van der Waals surface area contributed by atoms with Crippen molar-refractivity contribution in [1.82, 2.24) is 0 Å². The minimum atomic E-state index is -1.50. The number of aliphatic imine (C=N–C) groups is 1. The van der Waals surface area contributed by atoms with Crippen LogP contribution in [-0.2, 0) is 9.53 Å². The summed E-state index contributed by atoms with van der Waals surface area (Å²) in [5, 5.41) is 8.95. The molecular weight excluding hydrogens is 312 g/mol. The Labute approximate surface area is 130 Å². The van der Waals surface area contributed by atoms with Crippen molar-refractivity contribution in [2.24, 2.45) is 16.5 Å². The van der Waals surface area contributed by atoms with Crippen LogP contribution in [0.15, 0.2) is 16.9 Å². The van der Waals surface area contributed by atoms with Crippen LogP contribution in [0.5, 0.6) is 0 Å². The number of nitrogens with two attached hydrogens (primary N) is 2. The fraction of sp³-hybridized carbons (Fsp3) is 0.636. The van der Waals surface area contributed by atoms with E-state index >= 15 is 0 Å². The first kappa shape index (κ1) is 24.1. The number of carbonyl (C=O) groups is 1. The summed E-state index contributed by atoms with van der Waals surface area (Å²) in [5.74, 6) is -1.35. The molecule has 9 heteroatoms. The number of aliphatic carboxylic acids is 1. The topological polar surface area (TPSA) is 111 Å². The molecule has 0 aromatic rings. The first-order valence-electron chi connectivity index (χ1n) is 5.44. The molecule has 0 aliphatic heterocycles. The molecule has 0 aliphatic carbocycles. The predicted octanol–water partition coefficient (Wildman–Crippen LogP) is 1.27. The third kappa shape index (κ3) is 9.96. The molecule has 0 saturated carbocycles. The Morgan fingerprint density at radius 1 is 1.50 bits per heavy atom. The second-order valence-electron chi connectivity index (χ2n) is 4.04. The standard InChI is InChI=1S/C11H20FN3O3.2ClH/c1-8(13)15-6-9(12)4-3-5-11(14,7-18-2)10(16)17;;/h4H,3,5-7,14H2,1-2H3,(H2,13,15)(H,16,17);2*1H/b9-4+;;/t11-;;/m0../s1. The molecule has 0 saturated heterocycles. The molecule has 0 bridgehead atoms. The maximum Gasteiger partial charge on any atom is 0.326 e. The van der Waals surface area contributed by atoms with Crippen molar-refractivity contribution in [3.8, 4) is 0 Å². The number of hydrogen-bond acceptors (Lipinski definition) is 4. The van der Waals surface area contributed by atoms with E-state index in [0.717, 1.165) is 0 Å². The summed E-state index contributed by atoms with van der Waals surface area (Å²) in [5.41, 5.74) is 9.39. The van der Waals surface area contributed by atoms with E-state index < -0.39 is 17.3 Å². The molecule has 0 fully saturated rings. The number of rotatable bonds is 8. The van der Waals surface area contributed by atoms with Gasteiger partial charge in [0.2, 0.25) is 0 Å². The van der Waals surface area contributed by atoms with Crippen molar-refractivity contribution in [1.29, 1.82) is 0 Å². The lowest BCUT2D eigenvalue weighted by molar-refractivity contribution is -0.145. The van der Waals surface area contributed by atoms with Crippen molar-refractivity contribution in [2.75, 3.05) is 20.3 Å². The minimum absolute atomic E-state index is 0. The van der Waals surface area contributed by atoms with Gasteiger partial charge in [0.1, 0.15) is 11.4 Å². The van der Waals surface area contributed by atoms with E-state index in [-0.39, 0.29) is 56.6 Å². The van der Waals surface area contributed by atoms with Crippen LogP contribution in [0.3, 0.4) is 0 Å². The molecule has 0 aromatic carbocycles. The van der Waals surface area contributed by atoms with Gasteiger partial charge in [0.15, 0.2) is 0 Å². The van der Waals surface area contributed by atoms with Crippen LogP contribution in [0.1, 0.15) is 19.8 Å². The maximum absolute atomic E-state index is 13.2. The molecule has 0 aliphatic rings. The van der Waals surface area contributed by atoms with Gasteiger partial charge in [0, 0.05) is 7.11 Å². The van der Waals surface area contributed by atoms with Crippen LogP contribution in [0.4, 0.5) is 4.39 Å². The molecule has 20 heavy (non-hydrogen) atoms. The first-order chi connectivity index (χ1) is 8.31. The highest BCUT2D eigenvalue weighted by molar-refractivity contribution is 5.85. The lowest BCUT2D eigenvalue weighted by atomic mass is 9.95. The van der Waals surface area contributed by atoms with E-state index in [1.165, 1.54) is 13.2 Å². The van der Waals surface area contributed by atoms with Crippen molar-refractivity contribution in [2.45, 2.75) is 25.3 Å². The maximum atomic E-state index is 13.2. The lowest BCUT2D eigenvalue weighted by Gasteiger charge is -2.22. The Hall–Kier alpha value is -0.890. The molecule has 120 valence electrons. The van der Waals surface area contributed by atoms with Gasteiger partial charge in [-0.2, -0.15) is 0 Å². The normalized spacial score (nSPS) is 14.8. The summed E-state index contributed by atoms with van der Waals surface area (Å²) in [4.78, 5) is 14.6. The van der Waals surface area contributed by atoms with Crippen molar-refractivity contribution < 1.29 is 19.0 Å². The number of allylic oxidation sites excluding steroid dienone is 1. The number of carboxylic acids is 1. The SMILES string of the molecule is COC[C@@](N)(CC/C=C(/F)CN=C(C)N)C(=O)O.Cl.Cl. The molecule has 0 heterocycles. The second-order valence-corrected chi connectivity index (χ2v) is 4.04. The van der Waals surface area contributed by atoms with Crippen molar-refractivity contribution in [3.63, 3.8) is 0 Å². The molecule has 5 N–H and O–H groups in total. The van der Waals surface area contributed by atoms with E-state index in [4.69, 9.17) is 21.3 Å². The summed E-state index contributed by atoms with van der Waals surface area (Å²) in [6.45, 7) is 1.29. The number of halogens is 3. The third-order valence-corrected chi connectivity index (χ3v) is 2.26. The highest BCUT2D eigenvalue weighted by atomic mass is 35.5. The average Bonchev–Trinajstić information content (AvgIpc) is 2.26. The molecule has 0 aromatic heterocycles. The van der Waals surface area contributed by atoms with Gasteiger partial charge >= 0.3 is 5.97 Å². The smallest absolute Gasteiger partial charge is 0.326 e. The van der Waals surface area contributed by atoms with E-state index in [1.54, 1.807) is 6.92 Å². The summed E-state index contributed by atoms with van der Waals surface area (Å²) in [6.07, 6.45) is 1.53. The zero-order chi connectivity index (χ0) is 14.2. The molecule has 0 rings (SSSR count). The van der Waals surface area contributed by atoms with Gasteiger partial charge in [0.05, 0.1) is 19.0 Å². The largest absolute Gasteiger partial charge is 0.480 e. The molecule has 0 spiro atoms. The van der Waals surface area contributed by atoms with Gasteiger partial charge in [0.25, 0.3) is 0 Å². The van der Waals surface area contributed by atoms with Gasteiger partial charge in [-0.05, 0) is 19.8 Å².